The predicted octanol–water partition coefficient (Wildman–Crippen LogP) is 4.04. The maximum atomic E-state index is 12.4. The van der Waals surface area contributed by atoms with Gasteiger partial charge in [-0.25, -0.2) is 0 Å². The van der Waals surface area contributed by atoms with E-state index in [0.717, 1.165) is 42.0 Å². The maximum absolute atomic E-state index is 12.4. The molecule has 1 atom stereocenters. The van der Waals surface area contributed by atoms with Crippen LogP contribution in [-0.4, -0.2) is 16.5 Å². The number of aliphatic hydroxyl groups is 1. The van der Waals surface area contributed by atoms with E-state index < -0.39 is 5.60 Å². The van der Waals surface area contributed by atoms with Crippen LogP contribution in [-0.2, 0) is 11.2 Å². The third-order valence-electron chi connectivity index (χ3n) is 4.63. The molecule has 1 unspecified atom stereocenters. The van der Waals surface area contributed by atoms with Crippen molar-refractivity contribution < 1.29 is 9.90 Å². The van der Waals surface area contributed by atoms with E-state index in [-0.39, 0.29) is 5.78 Å². The summed E-state index contributed by atoms with van der Waals surface area (Å²) < 4.78 is 0. The second kappa shape index (κ2) is 5.98. The Labute approximate surface area is 125 Å². The van der Waals surface area contributed by atoms with Crippen molar-refractivity contribution >= 4 is 16.6 Å². The van der Waals surface area contributed by atoms with E-state index in [1.807, 2.05) is 24.3 Å². The van der Waals surface area contributed by atoms with Gasteiger partial charge in [0.1, 0.15) is 5.60 Å². The van der Waals surface area contributed by atoms with Crippen molar-refractivity contribution in [3.8, 4) is 0 Å². The molecule has 1 fully saturated rings. The highest BCUT2D eigenvalue weighted by Gasteiger charge is 2.35. The number of benzene rings is 2. The molecule has 0 spiro atoms. The van der Waals surface area contributed by atoms with Gasteiger partial charge in [0, 0.05) is 12.8 Å². The van der Waals surface area contributed by atoms with Crippen molar-refractivity contribution in [3.05, 3.63) is 48.0 Å². The largest absolute Gasteiger partial charge is 0.382 e. The molecular formula is C19H22O2. The van der Waals surface area contributed by atoms with E-state index >= 15 is 0 Å². The standard InChI is InChI=1S/C19H22O2/c20-18-12-3-1-2-6-13-19(18,21)14-16-10-7-9-15-8-4-5-11-17(15)16/h4-5,7-11,21H,1-3,6,12-14H2. The SMILES string of the molecule is O=C1CCCCCCC1(O)Cc1cccc2ccccc12. The number of hydrogen-bond donors (Lipinski definition) is 1. The van der Waals surface area contributed by atoms with Gasteiger partial charge in [-0.15, -0.1) is 0 Å². The molecule has 2 aromatic carbocycles. The average molecular weight is 282 g/mol. The molecule has 3 rings (SSSR count). The minimum Gasteiger partial charge on any atom is -0.382 e. The molecule has 0 aromatic heterocycles. The second-order valence-corrected chi connectivity index (χ2v) is 6.18. The average Bonchev–Trinajstić information content (AvgIpc) is 2.49. The first-order valence-corrected chi connectivity index (χ1v) is 7.91. The summed E-state index contributed by atoms with van der Waals surface area (Å²) >= 11 is 0. The Morgan fingerprint density at radius 2 is 1.71 bits per heavy atom. The summed E-state index contributed by atoms with van der Waals surface area (Å²) in [5, 5.41) is 13.2. The third-order valence-corrected chi connectivity index (χ3v) is 4.63. The molecule has 0 aliphatic heterocycles. The first-order chi connectivity index (χ1) is 10.2. The monoisotopic (exact) mass is 282 g/mol. The number of carbonyl (C=O) groups is 1. The summed E-state index contributed by atoms with van der Waals surface area (Å²) in [5.74, 6) is 0.0233. The number of ketones is 1. The molecular weight excluding hydrogens is 260 g/mol. The smallest absolute Gasteiger partial charge is 0.164 e. The van der Waals surface area contributed by atoms with Crippen LogP contribution in [0, 0.1) is 0 Å². The molecule has 21 heavy (non-hydrogen) atoms. The number of carbonyl (C=O) groups excluding carboxylic acids is 1. The van der Waals surface area contributed by atoms with Crippen molar-refractivity contribution in [3.63, 3.8) is 0 Å². The van der Waals surface area contributed by atoms with Crippen molar-refractivity contribution in [1.29, 1.82) is 0 Å². The van der Waals surface area contributed by atoms with Gasteiger partial charge in [-0.05, 0) is 29.2 Å². The van der Waals surface area contributed by atoms with Gasteiger partial charge in [0.2, 0.25) is 0 Å². The molecule has 2 aromatic rings. The molecule has 2 nitrogen and oxygen atoms in total. The Hall–Kier alpha value is -1.67. The van der Waals surface area contributed by atoms with Gasteiger partial charge >= 0.3 is 0 Å². The van der Waals surface area contributed by atoms with E-state index in [1.165, 1.54) is 0 Å². The molecule has 1 aliphatic carbocycles. The lowest BCUT2D eigenvalue weighted by Crippen LogP contribution is -2.41. The molecule has 1 saturated carbocycles. The summed E-state index contributed by atoms with van der Waals surface area (Å²) in [6.07, 6.45) is 5.62. The highest BCUT2D eigenvalue weighted by molar-refractivity contribution is 5.90. The molecule has 0 amide bonds. The number of rotatable bonds is 2. The molecule has 0 bridgehead atoms. The van der Waals surface area contributed by atoms with Crippen LogP contribution < -0.4 is 0 Å². The van der Waals surface area contributed by atoms with E-state index in [1.54, 1.807) is 0 Å². The van der Waals surface area contributed by atoms with Crippen LogP contribution >= 0.6 is 0 Å². The molecule has 1 N–H and O–H groups in total. The fourth-order valence-electron chi connectivity index (χ4n) is 3.38. The summed E-state index contributed by atoms with van der Waals surface area (Å²) in [4.78, 5) is 12.4. The summed E-state index contributed by atoms with van der Waals surface area (Å²) in [6, 6.07) is 14.3. The van der Waals surface area contributed by atoms with Crippen molar-refractivity contribution in [2.75, 3.05) is 0 Å². The first-order valence-electron chi connectivity index (χ1n) is 7.91. The maximum Gasteiger partial charge on any atom is 0.164 e. The van der Waals surface area contributed by atoms with Crippen molar-refractivity contribution in [2.24, 2.45) is 0 Å². The number of hydrogen-bond acceptors (Lipinski definition) is 2. The predicted molar refractivity (Wildman–Crippen MR) is 85.3 cm³/mol. The summed E-state index contributed by atoms with van der Waals surface area (Å²) in [5.41, 5.74) is -0.102. The van der Waals surface area contributed by atoms with Gasteiger partial charge < -0.3 is 5.11 Å². The van der Waals surface area contributed by atoms with Gasteiger partial charge in [0.05, 0.1) is 0 Å². The molecule has 110 valence electrons. The first kappa shape index (κ1) is 14.3. The van der Waals surface area contributed by atoms with Crippen LogP contribution in [0.3, 0.4) is 0 Å². The highest BCUT2D eigenvalue weighted by Crippen LogP contribution is 2.29. The Kier molecular flexibility index (Phi) is 4.07. The van der Waals surface area contributed by atoms with E-state index in [4.69, 9.17) is 0 Å². The second-order valence-electron chi connectivity index (χ2n) is 6.18. The zero-order valence-corrected chi connectivity index (χ0v) is 12.3. The number of fused-ring (bicyclic) bond motifs is 1. The fraction of sp³-hybridized carbons (Fsp3) is 0.421. The molecule has 0 heterocycles. The molecule has 1 aliphatic rings. The fourth-order valence-corrected chi connectivity index (χ4v) is 3.38. The minimum absolute atomic E-state index is 0.0233. The van der Waals surface area contributed by atoms with Crippen LogP contribution in [0.15, 0.2) is 42.5 Å². The van der Waals surface area contributed by atoms with Crippen molar-refractivity contribution in [1.82, 2.24) is 0 Å². The number of Topliss-reactive ketones (excluding diaryl/α,β-unsaturated/α-hetero) is 1. The zero-order valence-electron chi connectivity index (χ0n) is 12.3. The zero-order chi connectivity index (χ0) is 14.7. The van der Waals surface area contributed by atoms with Crippen LogP contribution in [0.5, 0.6) is 0 Å². The Morgan fingerprint density at radius 1 is 0.952 bits per heavy atom. The quantitative estimate of drug-likeness (QED) is 0.902. The van der Waals surface area contributed by atoms with Crippen molar-refractivity contribution in [2.45, 2.75) is 50.5 Å². The topological polar surface area (TPSA) is 37.3 Å². The minimum atomic E-state index is -1.18. The van der Waals surface area contributed by atoms with Gasteiger partial charge in [-0.1, -0.05) is 61.7 Å². The van der Waals surface area contributed by atoms with Gasteiger partial charge in [0.15, 0.2) is 5.78 Å². The van der Waals surface area contributed by atoms with Gasteiger partial charge in [-0.2, -0.15) is 0 Å². The van der Waals surface area contributed by atoms with Crippen LogP contribution in [0.25, 0.3) is 10.8 Å². The van der Waals surface area contributed by atoms with E-state index in [9.17, 15) is 9.90 Å². The van der Waals surface area contributed by atoms with Gasteiger partial charge in [-0.3, -0.25) is 4.79 Å². The Bertz CT molecular complexity index is 642. The lowest BCUT2D eigenvalue weighted by Gasteiger charge is -2.29. The van der Waals surface area contributed by atoms with Crippen LogP contribution in [0.2, 0.25) is 0 Å². The normalized spacial score (nSPS) is 23.8. The van der Waals surface area contributed by atoms with Crippen LogP contribution in [0.1, 0.15) is 44.1 Å². The molecule has 0 saturated heterocycles. The molecule has 2 heteroatoms. The highest BCUT2D eigenvalue weighted by atomic mass is 16.3. The summed E-state index contributed by atoms with van der Waals surface area (Å²) in [7, 11) is 0. The van der Waals surface area contributed by atoms with Gasteiger partial charge in [0.25, 0.3) is 0 Å². The van der Waals surface area contributed by atoms with Crippen LogP contribution in [0.4, 0.5) is 0 Å². The Balaban J connectivity index is 1.94. The molecule has 0 radical (unpaired) electrons. The van der Waals surface area contributed by atoms with E-state index in [2.05, 4.69) is 18.2 Å². The summed E-state index contributed by atoms with van der Waals surface area (Å²) in [6.45, 7) is 0. The lowest BCUT2D eigenvalue weighted by molar-refractivity contribution is -0.138. The van der Waals surface area contributed by atoms with E-state index in [0.29, 0.717) is 19.3 Å². The lowest BCUT2D eigenvalue weighted by atomic mass is 9.80. The third kappa shape index (κ3) is 3.01. The Morgan fingerprint density at radius 3 is 2.62 bits per heavy atom.